The zero-order valence-electron chi connectivity index (χ0n) is 9.04. The quantitative estimate of drug-likeness (QED) is 0.922. The predicted molar refractivity (Wildman–Crippen MR) is 62.8 cm³/mol. The fourth-order valence-corrected chi connectivity index (χ4v) is 2.30. The SMILES string of the molecule is CCC(O)c1c(C)nc2c(Br)cc(F)cn12. The molecule has 2 aromatic rings. The van der Waals surface area contributed by atoms with Gasteiger partial charge in [-0.2, -0.15) is 0 Å². The lowest BCUT2D eigenvalue weighted by molar-refractivity contribution is 0.167. The van der Waals surface area contributed by atoms with E-state index in [4.69, 9.17) is 0 Å². The molecule has 5 heteroatoms. The van der Waals surface area contributed by atoms with Gasteiger partial charge in [-0.25, -0.2) is 9.37 Å². The Hall–Kier alpha value is -0.940. The first-order valence-corrected chi connectivity index (χ1v) is 5.85. The van der Waals surface area contributed by atoms with Crippen LogP contribution >= 0.6 is 15.9 Å². The average molecular weight is 287 g/mol. The number of aliphatic hydroxyl groups excluding tert-OH is 1. The summed E-state index contributed by atoms with van der Waals surface area (Å²) in [6, 6.07) is 1.36. The van der Waals surface area contributed by atoms with E-state index in [-0.39, 0.29) is 5.82 Å². The van der Waals surface area contributed by atoms with Crippen LogP contribution in [0.15, 0.2) is 16.7 Å². The third-order valence-electron chi connectivity index (χ3n) is 2.57. The topological polar surface area (TPSA) is 37.5 Å². The molecule has 0 aliphatic heterocycles. The van der Waals surface area contributed by atoms with Crippen molar-refractivity contribution >= 4 is 21.6 Å². The number of hydrogen-bond donors (Lipinski definition) is 1. The number of aryl methyl sites for hydroxylation is 1. The Morgan fingerprint density at radius 1 is 1.62 bits per heavy atom. The van der Waals surface area contributed by atoms with Gasteiger partial charge in [-0.3, -0.25) is 4.40 Å². The normalized spacial score (nSPS) is 13.3. The Morgan fingerprint density at radius 2 is 2.31 bits per heavy atom. The second-order valence-corrected chi connectivity index (χ2v) is 4.56. The summed E-state index contributed by atoms with van der Waals surface area (Å²) in [4.78, 5) is 4.31. The molecule has 0 spiro atoms. The fraction of sp³-hybridized carbons (Fsp3) is 0.364. The minimum Gasteiger partial charge on any atom is -0.387 e. The Bertz CT molecular complexity index is 538. The van der Waals surface area contributed by atoms with Crippen molar-refractivity contribution in [2.75, 3.05) is 0 Å². The molecule has 86 valence electrons. The summed E-state index contributed by atoms with van der Waals surface area (Å²) in [5, 5.41) is 9.88. The van der Waals surface area contributed by atoms with Gasteiger partial charge in [-0.1, -0.05) is 6.92 Å². The third-order valence-corrected chi connectivity index (χ3v) is 3.15. The number of aliphatic hydroxyl groups is 1. The van der Waals surface area contributed by atoms with Crippen molar-refractivity contribution in [2.45, 2.75) is 26.4 Å². The smallest absolute Gasteiger partial charge is 0.151 e. The number of aromatic nitrogens is 2. The number of hydrogen-bond acceptors (Lipinski definition) is 2. The van der Waals surface area contributed by atoms with Crippen molar-refractivity contribution in [3.63, 3.8) is 0 Å². The molecule has 2 rings (SSSR count). The highest BCUT2D eigenvalue weighted by Gasteiger charge is 2.17. The number of pyridine rings is 1. The molecule has 16 heavy (non-hydrogen) atoms. The summed E-state index contributed by atoms with van der Waals surface area (Å²) >= 11 is 3.26. The van der Waals surface area contributed by atoms with Gasteiger partial charge in [-0.05, 0) is 35.3 Å². The molecule has 0 aliphatic rings. The van der Waals surface area contributed by atoms with E-state index in [0.29, 0.717) is 22.2 Å². The number of fused-ring (bicyclic) bond motifs is 1. The van der Waals surface area contributed by atoms with E-state index in [9.17, 15) is 9.50 Å². The summed E-state index contributed by atoms with van der Waals surface area (Å²) < 4.78 is 15.5. The Kier molecular flexibility index (Phi) is 2.99. The first kappa shape index (κ1) is 11.5. The molecule has 1 unspecified atom stereocenters. The number of halogens is 2. The van der Waals surface area contributed by atoms with E-state index in [1.165, 1.54) is 12.3 Å². The summed E-state index contributed by atoms with van der Waals surface area (Å²) in [5.74, 6) is -0.360. The van der Waals surface area contributed by atoms with Crippen molar-refractivity contribution in [1.82, 2.24) is 9.38 Å². The van der Waals surface area contributed by atoms with Crippen LogP contribution in [-0.4, -0.2) is 14.5 Å². The Labute approximate surface area is 101 Å². The van der Waals surface area contributed by atoms with Crippen LogP contribution in [0.3, 0.4) is 0 Å². The zero-order valence-corrected chi connectivity index (χ0v) is 10.6. The molecule has 2 aromatic heterocycles. The minimum absolute atomic E-state index is 0.360. The van der Waals surface area contributed by atoms with E-state index < -0.39 is 6.10 Å². The second-order valence-electron chi connectivity index (χ2n) is 3.71. The molecule has 1 atom stereocenters. The van der Waals surface area contributed by atoms with Crippen molar-refractivity contribution < 1.29 is 9.50 Å². The van der Waals surface area contributed by atoms with Crippen LogP contribution in [0.25, 0.3) is 5.65 Å². The van der Waals surface area contributed by atoms with Crippen LogP contribution in [0.5, 0.6) is 0 Å². The molecule has 1 N–H and O–H groups in total. The summed E-state index contributed by atoms with van der Waals surface area (Å²) in [7, 11) is 0. The van der Waals surface area contributed by atoms with Crippen LogP contribution in [-0.2, 0) is 0 Å². The summed E-state index contributed by atoms with van der Waals surface area (Å²) in [6.45, 7) is 3.68. The van der Waals surface area contributed by atoms with Crippen molar-refractivity contribution in [3.05, 3.63) is 33.9 Å². The first-order chi connectivity index (χ1) is 7.54. The summed E-state index contributed by atoms with van der Waals surface area (Å²) in [5.41, 5.74) is 2.00. The molecule has 0 amide bonds. The maximum absolute atomic E-state index is 13.3. The zero-order chi connectivity index (χ0) is 11.9. The van der Waals surface area contributed by atoms with Gasteiger partial charge in [0.15, 0.2) is 5.65 Å². The maximum atomic E-state index is 13.3. The van der Waals surface area contributed by atoms with Gasteiger partial charge >= 0.3 is 0 Å². The first-order valence-electron chi connectivity index (χ1n) is 5.06. The molecule has 0 radical (unpaired) electrons. The van der Waals surface area contributed by atoms with Gasteiger partial charge in [-0.15, -0.1) is 0 Å². The highest BCUT2D eigenvalue weighted by atomic mass is 79.9. The van der Waals surface area contributed by atoms with Gasteiger partial charge in [0.05, 0.1) is 22.0 Å². The molecule has 3 nitrogen and oxygen atoms in total. The van der Waals surface area contributed by atoms with E-state index >= 15 is 0 Å². The largest absolute Gasteiger partial charge is 0.387 e. The number of imidazole rings is 1. The highest BCUT2D eigenvalue weighted by Crippen LogP contribution is 2.26. The van der Waals surface area contributed by atoms with Gasteiger partial charge in [0.2, 0.25) is 0 Å². The molecule has 0 saturated heterocycles. The van der Waals surface area contributed by atoms with Gasteiger partial charge in [0.25, 0.3) is 0 Å². The molecule has 0 fully saturated rings. The molecule has 0 aromatic carbocycles. The van der Waals surface area contributed by atoms with E-state index in [1.807, 2.05) is 13.8 Å². The van der Waals surface area contributed by atoms with E-state index in [1.54, 1.807) is 4.40 Å². The molecular formula is C11H12BrFN2O. The van der Waals surface area contributed by atoms with Gasteiger partial charge in [0, 0.05) is 6.20 Å². The van der Waals surface area contributed by atoms with Crippen molar-refractivity contribution in [2.24, 2.45) is 0 Å². The second kappa shape index (κ2) is 4.14. The van der Waals surface area contributed by atoms with Crippen LogP contribution in [0.4, 0.5) is 4.39 Å². The lowest BCUT2D eigenvalue weighted by atomic mass is 10.2. The highest BCUT2D eigenvalue weighted by molar-refractivity contribution is 9.10. The molecule has 0 bridgehead atoms. The van der Waals surface area contributed by atoms with E-state index in [0.717, 1.165) is 5.69 Å². The molecular weight excluding hydrogens is 275 g/mol. The summed E-state index contributed by atoms with van der Waals surface area (Å²) in [6.07, 6.45) is 1.29. The number of nitrogens with zero attached hydrogens (tertiary/aromatic N) is 2. The standard InChI is InChI=1S/C11H12BrFN2O/c1-3-9(16)10-6(2)14-11-8(12)4-7(13)5-15(10)11/h4-5,9,16H,3H2,1-2H3. The molecule has 0 aliphatic carbocycles. The fourth-order valence-electron chi connectivity index (χ4n) is 1.80. The van der Waals surface area contributed by atoms with Crippen molar-refractivity contribution in [3.8, 4) is 0 Å². The van der Waals surface area contributed by atoms with Gasteiger partial charge in [0.1, 0.15) is 5.82 Å². The third kappa shape index (κ3) is 1.74. The lowest BCUT2D eigenvalue weighted by Gasteiger charge is -2.09. The van der Waals surface area contributed by atoms with Crippen LogP contribution in [0.1, 0.15) is 30.8 Å². The predicted octanol–water partition coefficient (Wildman–Crippen LogP) is 2.99. The van der Waals surface area contributed by atoms with Gasteiger partial charge < -0.3 is 5.11 Å². The van der Waals surface area contributed by atoms with Crippen LogP contribution < -0.4 is 0 Å². The monoisotopic (exact) mass is 286 g/mol. The van der Waals surface area contributed by atoms with Crippen LogP contribution in [0.2, 0.25) is 0 Å². The molecule has 0 saturated carbocycles. The average Bonchev–Trinajstić information content (AvgIpc) is 2.54. The van der Waals surface area contributed by atoms with Crippen LogP contribution in [0, 0.1) is 12.7 Å². The van der Waals surface area contributed by atoms with Crippen molar-refractivity contribution in [1.29, 1.82) is 0 Å². The Balaban J connectivity index is 2.78. The lowest BCUT2D eigenvalue weighted by Crippen LogP contribution is -2.02. The number of rotatable bonds is 2. The Morgan fingerprint density at radius 3 is 2.94 bits per heavy atom. The van der Waals surface area contributed by atoms with E-state index in [2.05, 4.69) is 20.9 Å². The minimum atomic E-state index is -0.622. The molecule has 2 heterocycles. The maximum Gasteiger partial charge on any atom is 0.151 e.